The third-order valence-electron chi connectivity index (χ3n) is 5.53. The first-order valence-corrected chi connectivity index (χ1v) is 10.6. The highest BCUT2D eigenvalue weighted by Crippen LogP contribution is 2.19. The van der Waals surface area contributed by atoms with Crippen LogP contribution in [0.25, 0.3) is 0 Å². The molecule has 0 saturated carbocycles. The molecule has 4 nitrogen and oxygen atoms in total. The molecule has 1 fully saturated rings. The molecule has 0 aromatic heterocycles. The highest BCUT2D eigenvalue weighted by Gasteiger charge is 2.23. The van der Waals surface area contributed by atoms with Crippen LogP contribution in [-0.4, -0.2) is 55.0 Å². The van der Waals surface area contributed by atoms with Gasteiger partial charge in [0.1, 0.15) is 11.6 Å². The number of hydrogen-bond donors (Lipinski definition) is 0. The van der Waals surface area contributed by atoms with Crippen LogP contribution in [0.5, 0.6) is 5.75 Å². The Kier molecular flexibility index (Phi) is 8.05. The molecule has 0 spiro atoms. The summed E-state index contributed by atoms with van der Waals surface area (Å²) in [7, 11) is 0. The number of benzene rings is 2. The molecule has 2 aromatic carbocycles. The smallest absolute Gasteiger partial charge is 0.260 e. The van der Waals surface area contributed by atoms with Gasteiger partial charge in [0.25, 0.3) is 5.91 Å². The van der Waals surface area contributed by atoms with E-state index in [-0.39, 0.29) is 18.3 Å². The van der Waals surface area contributed by atoms with Gasteiger partial charge in [-0.2, -0.15) is 0 Å². The quantitative estimate of drug-likeness (QED) is 0.640. The maximum atomic E-state index is 13.4. The van der Waals surface area contributed by atoms with Gasteiger partial charge < -0.3 is 14.5 Å². The maximum absolute atomic E-state index is 13.4. The zero-order valence-electron chi connectivity index (χ0n) is 17.2. The minimum Gasteiger partial charge on any atom is -0.484 e. The van der Waals surface area contributed by atoms with Gasteiger partial charge >= 0.3 is 0 Å². The van der Waals surface area contributed by atoms with Crippen molar-refractivity contribution in [1.29, 1.82) is 0 Å². The van der Waals surface area contributed by atoms with E-state index >= 15 is 0 Å². The summed E-state index contributed by atoms with van der Waals surface area (Å²) in [6, 6.07) is 16.3. The van der Waals surface area contributed by atoms with Gasteiger partial charge in [0, 0.05) is 26.2 Å². The van der Waals surface area contributed by atoms with E-state index in [4.69, 9.17) is 4.74 Å². The van der Waals surface area contributed by atoms with Crippen molar-refractivity contribution in [2.75, 3.05) is 39.3 Å². The Labute approximate surface area is 173 Å². The Morgan fingerprint density at radius 2 is 2.03 bits per heavy atom. The van der Waals surface area contributed by atoms with Crippen LogP contribution in [0, 0.1) is 11.7 Å². The molecule has 0 bridgehead atoms. The van der Waals surface area contributed by atoms with Gasteiger partial charge in [0.2, 0.25) is 0 Å². The number of carbonyl (C=O) groups excluding carboxylic acids is 1. The maximum Gasteiger partial charge on any atom is 0.260 e. The SMILES string of the molecule is CCN(C[C@H]1CCCN(CCc2cccc(F)c2)C1)C(=O)COc1ccccc1. The third kappa shape index (κ3) is 6.86. The molecule has 0 N–H and O–H groups in total. The van der Waals surface area contributed by atoms with Crippen LogP contribution in [0.4, 0.5) is 4.39 Å². The lowest BCUT2D eigenvalue weighted by molar-refractivity contribution is -0.134. The predicted molar refractivity (Wildman–Crippen MR) is 113 cm³/mol. The number of hydrogen-bond acceptors (Lipinski definition) is 3. The summed E-state index contributed by atoms with van der Waals surface area (Å²) < 4.78 is 19.0. The Morgan fingerprint density at radius 3 is 2.79 bits per heavy atom. The summed E-state index contributed by atoms with van der Waals surface area (Å²) in [6.45, 7) is 6.54. The van der Waals surface area contributed by atoms with Crippen LogP contribution in [0.1, 0.15) is 25.3 Å². The van der Waals surface area contributed by atoms with Crippen LogP contribution in [-0.2, 0) is 11.2 Å². The Morgan fingerprint density at radius 1 is 1.21 bits per heavy atom. The number of nitrogens with zero attached hydrogens (tertiary/aromatic N) is 2. The van der Waals surface area contributed by atoms with E-state index in [1.165, 1.54) is 6.07 Å². The molecule has 29 heavy (non-hydrogen) atoms. The average molecular weight is 399 g/mol. The fourth-order valence-corrected chi connectivity index (χ4v) is 3.96. The zero-order valence-corrected chi connectivity index (χ0v) is 17.2. The lowest BCUT2D eigenvalue weighted by Gasteiger charge is -2.35. The average Bonchev–Trinajstić information content (AvgIpc) is 2.75. The highest BCUT2D eigenvalue weighted by atomic mass is 19.1. The molecule has 1 atom stereocenters. The van der Waals surface area contributed by atoms with Crippen molar-refractivity contribution < 1.29 is 13.9 Å². The monoisotopic (exact) mass is 398 g/mol. The summed E-state index contributed by atoms with van der Waals surface area (Å²) in [5, 5.41) is 0. The number of amides is 1. The lowest BCUT2D eigenvalue weighted by atomic mass is 9.97. The van der Waals surface area contributed by atoms with Gasteiger partial charge in [-0.3, -0.25) is 4.79 Å². The molecular weight excluding hydrogens is 367 g/mol. The topological polar surface area (TPSA) is 32.8 Å². The first-order chi connectivity index (χ1) is 14.1. The van der Waals surface area contributed by atoms with Gasteiger partial charge in [0.05, 0.1) is 0 Å². The number of carbonyl (C=O) groups is 1. The summed E-state index contributed by atoms with van der Waals surface area (Å²) in [4.78, 5) is 16.9. The molecule has 1 heterocycles. The highest BCUT2D eigenvalue weighted by molar-refractivity contribution is 5.77. The van der Waals surface area contributed by atoms with Crippen LogP contribution < -0.4 is 4.74 Å². The van der Waals surface area contributed by atoms with Crippen molar-refractivity contribution in [3.05, 3.63) is 66.0 Å². The minimum absolute atomic E-state index is 0.0354. The van der Waals surface area contributed by atoms with E-state index in [0.717, 1.165) is 56.8 Å². The van der Waals surface area contributed by atoms with Crippen LogP contribution in [0.15, 0.2) is 54.6 Å². The standard InChI is InChI=1S/C24H31FN2O2/c1-2-27(24(28)19-29-23-11-4-3-5-12-23)18-21-9-7-14-26(17-21)15-13-20-8-6-10-22(25)16-20/h3-6,8,10-12,16,21H,2,7,9,13-15,17-19H2,1H3/t21-/m0/s1. The second-order valence-electron chi connectivity index (χ2n) is 7.72. The van der Waals surface area contributed by atoms with Gasteiger partial charge in [-0.25, -0.2) is 4.39 Å². The Hall–Kier alpha value is -2.40. The lowest BCUT2D eigenvalue weighted by Crippen LogP contribution is -2.44. The van der Waals surface area contributed by atoms with Crippen molar-refractivity contribution in [3.63, 3.8) is 0 Å². The fourth-order valence-electron chi connectivity index (χ4n) is 3.96. The summed E-state index contributed by atoms with van der Waals surface area (Å²) >= 11 is 0. The van der Waals surface area contributed by atoms with Crippen molar-refractivity contribution >= 4 is 5.91 Å². The van der Waals surface area contributed by atoms with Crippen LogP contribution in [0.3, 0.4) is 0 Å². The van der Waals surface area contributed by atoms with Gasteiger partial charge in [0.15, 0.2) is 6.61 Å². The molecular formula is C24H31FN2O2. The number of para-hydroxylation sites is 1. The van der Waals surface area contributed by atoms with E-state index in [2.05, 4.69) is 4.90 Å². The second kappa shape index (κ2) is 11.0. The van der Waals surface area contributed by atoms with E-state index < -0.39 is 0 Å². The van der Waals surface area contributed by atoms with E-state index in [1.54, 1.807) is 12.1 Å². The van der Waals surface area contributed by atoms with Crippen LogP contribution >= 0.6 is 0 Å². The number of rotatable bonds is 9. The molecule has 0 aliphatic carbocycles. The first-order valence-electron chi connectivity index (χ1n) is 10.6. The Balaban J connectivity index is 1.45. The molecule has 5 heteroatoms. The number of likely N-dealkylation sites (tertiary alicyclic amines) is 1. The number of likely N-dealkylation sites (N-methyl/N-ethyl adjacent to an activating group) is 1. The predicted octanol–water partition coefficient (Wildman–Crippen LogP) is 4.01. The zero-order chi connectivity index (χ0) is 20.5. The van der Waals surface area contributed by atoms with Crippen molar-refractivity contribution in [2.24, 2.45) is 5.92 Å². The summed E-state index contributed by atoms with van der Waals surface area (Å²) in [5.41, 5.74) is 1.04. The normalized spacial score (nSPS) is 17.1. The van der Waals surface area contributed by atoms with Gasteiger partial charge in [-0.15, -0.1) is 0 Å². The molecule has 2 aromatic rings. The van der Waals surface area contributed by atoms with Gasteiger partial charge in [-0.1, -0.05) is 30.3 Å². The van der Waals surface area contributed by atoms with Crippen molar-refractivity contribution in [3.8, 4) is 5.75 Å². The van der Waals surface area contributed by atoms with E-state index in [0.29, 0.717) is 12.5 Å². The van der Waals surface area contributed by atoms with Crippen molar-refractivity contribution in [2.45, 2.75) is 26.2 Å². The first kappa shape index (κ1) is 21.3. The molecule has 3 rings (SSSR count). The summed E-state index contributed by atoms with van der Waals surface area (Å²) in [5.74, 6) is 1.05. The molecule has 1 aliphatic rings. The Bertz CT molecular complexity index is 768. The third-order valence-corrected chi connectivity index (χ3v) is 5.53. The summed E-state index contributed by atoms with van der Waals surface area (Å²) in [6.07, 6.45) is 3.13. The number of piperidine rings is 1. The molecule has 0 radical (unpaired) electrons. The molecule has 0 unspecified atom stereocenters. The minimum atomic E-state index is -0.172. The van der Waals surface area contributed by atoms with E-state index in [1.807, 2.05) is 48.2 Å². The largest absolute Gasteiger partial charge is 0.484 e. The molecule has 1 saturated heterocycles. The van der Waals surface area contributed by atoms with Crippen molar-refractivity contribution in [1.82, 2.24) is 9.80 Å². The fraction of sp³-hybridized carbons (Fsp3) is 0.458. The number of halogens is 1. The molecule has 1 aliphatic heterocycles. The van der Waals surface area contributed by atoms with E-state index in [9.17, 15) is 9.18 Å². The molecule has 1 amide bonds. The second-order valence-corrected chi connectivity index (χ2v) is 7.72. The van der Waals surface area contributed by atoms with Crippen LogP contribution in [0.2, 0.25) is 0 Å². The molecule has 156 valence electrons. The number of ether oxygens (including phenoxy) is 1. The van der Waals surface area contributed by atoms with Gasteiger partial charge in [-0.05, 0) is 68.5 Å².